The van der Waals surface area contributed by atoms with E-state index in [1.807, 2.05) is 30.3 Å². The van der Waals surface area contributed by atoms with E-state index in [9.17, 15) is 9.59 Å². The smallest absolute Gasteiger partial charge is 0.318 e. The number of amides is 3. The molecule has 148 valence electrons. The van der Waals surface area contributed by atoms with E-state index in [1.165, 1.54) is 25.7 Å². The van der Waals surface area contributed by atoms with Crippen LogP contribution in [0, 0.1) is 0 Å². The van der Waals surface area contributed by atoms with Crippen LogP contribution in [0.2, 0.25) is 0 Å². The van der Waals surface area contributed by atoms with E-state index in [2.05, 4.69) is 24.1 Å². The van der Waals surface area contributed by atoms with Gasteiger partial charge >= 0.3 is 6.03 Å². The predicted octanol–water partition coefficient (Wildman–Crippen LogP) is 2.70. The van der Waals surface area contributed by atoms with Crippen LogP contribution < -0.4 is 10.2 Å². The number of nitrogens with one attached hydrogen (secondary N) is 1. The van der Waals surface area contributed by atoms with Crippen molar-refractivity contribution in [2.45, 2.75) is 45.1 Å². The Hall–Kier alpha value is -2.08. The van der Waals surface area contributed by atoms with Crippen LogP contribution in [0.5, 0.6) is 0 Å². The van der Waals surface area contributed by atoms with E-state index in [0.29, 0.717) is 13.1 Å². The number of carbonyl (C=O) groups excluding carboxylic acids is 2. The van der Waals surface area contributed by atoms with Crippen LogP contribution in [-0.2, 0) is 4.79 Å². The minimum Gasteiger partial charge on any atom is -0.332 e. The highest BCUT2D eigenvalue weighted by Crippen LogP contribution is 2.18. The summed E-state index contributed by atoms with van der Waals surface area (Å²) in [7, 11) is 0. The molecule has 2 heterocycles. The number of nitrogens with zero attached hydrogens (tertiary/aromatic N) is 3. The average Bonchev–Trinajstić information content (AvgIpc) is 2.90. The first-order chi connectivity index (χ1) is 12.9. The molecule has 0 aromatic heterocycles. The molecule has 2 aliphatic rings. The van der Waals surface area contributed by atoms with Gasteiger partial charge in [0.15, 0.2) is 0 Å². The Kier molecular flexibility index (Phi) is 6.37. The lowest BCUT2D eigenvalue weighted by Gasteiger charge is -2.38. The second-order valence-electron chi connectivity index (χ2n) is 8.31. The molecule has 3 amide bonds. The lowest BCUT2D eigenvalue weighted by molar-refractivity contribution is -0.120. The van der Waals surface area contributed by atoms with Crippen molar-refractivity contribution in [1.29, 1.82) is 0 Å². The molecule has 1 aromatic rings. The normalized spacial score (nSPS) is 19.7. The molecule has 6 nitrogen and oxygen atoms in total. The van der Waals surface area contributed by atoms with Crippen molar-refractivity contribution in [3.63, 3.8) is 0 Å². The van der Waals surface area contributed by atoms with Gasteiger partial charge in [0, 0.05) is 30.9 Å². The number of anilines is 1. The van der Waals surface area contributed by atoms with Gasteiger partial charge in [-0.05, 0) is 51.9 Å². The molecule has 0 saturated carbocycles. The summed E-state index contributed by atoms with van der Waals surface area (Å²) < 4.78 is 0. The number of urea groups is 1. The molecule has 2 fully saturated rings. The fraction of sp³-hybridized carbons (Fsp3) is 0.619. The minimum absolute atomic E-state index is 0.0343. The SMILES string of the molecule is CC(C)(CN1CCCCCC1)NC(=O)N1CCN(c2ccccc2)C(=O)C1. The van der Waals surface area contributed by atoms with Gasteiger partial charge in [-0.25, -0.2) is 4.79 Å². The average molecular weight is 373 g/mol. The van der Waals surface area contributed by atoms with Crippen LogP contribution in [0.1, 0.15) is 39.5 Å². The molecule has 6 heteroatoms. The third kappa shape index (κ3) is 5.45. The summed E-state index contributed by atoms with van der Waals surface area (Å²) in [4.78, 5) is 31.1. The zero-order valence-electron chi connectivity index (χ0n) is 16.6. The van der Waals surface area contributed by atoms with Crippen molar-refractivity contribution in [3.05, 3.63) is 30.3 Å². The fourth-order valence-corrected chi connectivity index (χ4v) is 3.99. The molecule has 2 saturated heterocycles. The second-order valence-corrected chi connectivity index (χ2v) is 8.31. The Morgan fingerprint density at radius 2 is 1.67 bits per heavy atom. The molecule has 0 spiro atoms. The highest BCUT2D eigenvalue weighted by Gasteiger charge is 2.31. The first kappa shape index (κ1) is 19.7. The zero-order valence-corrected chi connectivity index (χ0v) is 16.6. The van der Waals surface area contributed by atoms with Crippen LogP contribution >= 0.6 is 0 Å². The molecule has 0 unspecified atom stereocenters. The Balaban J connectivity index is 1.53. The fourth-order valence-electron chi connectivity index (χ4n) is 3.99. The molecule has 2 aliphatic heterocycles. The first-order valence-corrected chi connectivity index (χ1v) is 10.1. The molecule has 0 aliphatic carbocycles. The second kappa shape index (κ2) is 8.74. The van der Waals surface area contributed by atoms with Crippen molar-refractivity contribution in [2.24, 2.45) is 0 Å². The molecule has 0 atom stereocenters. The van der Waals surface area contributed by atoms with E-state index >= 15 is 0 Å². The quantitative estimate of drug-likeness (QED) is 0.884. The Bertz CT molecular complexity index is 639. The lowest BCUT2D eigenvalue weighted by Crippen LogP contribution is -2.60. The van der Waals surface area contributed by atoms with Crippen molar-refractivity contribution < 1.29 is 9.59 Å². The largest absolute Gasteiger partial charge is 0.332 e. The molecule has 3 rings (SSSR count). The zero-order chi connectivity index (χ0) is 19.3. The number of benzene rings is 1. The van der Waals surface area contributed by atoms with Gasteiger partial charge in [-0.3, -0.25) is 4.79 Å². The highest BCUT2D eigenvalue weighted by atomic mass is 16.2. The van der Waals surface area contributed by atoms with Crippen LogP contribution in [-0.4, -0.2) is 66.5 Å². The van der Waals surface area contributed by atoms with Gasteiger partial charge in [-0.2, -0.15) is 0 Å². The monoisotopic (exact) mass is 372 g/mol. The summed E-state index contributed by atoms with van der Waals surface area (Å²) in [6.45, 7) is 8.39. The van der Waals surface area contributed by atoms with E-state index in [-0.39, 0.29) is 24.0 Å². The van der Waals surface area contributed by atoms with E-state index in [1.54, 1.807) is 9.80 Å². The summed E-state index contributed by atoms with van der Waals surface area (Å²) in [6, 6.07) is 9.50. The maximum atomic E-state index is 12.7. The van der Waals surface area contributed by atoms with Crippen molar-refractivity contribution in [2.75, 3.05) is 44.2 Å². The van der Waals surface area contributed by atoms with Crippen LogP contribution in [0.3, 0.4) is 0 Å². The number of hydrogen-bond acceptors (Lipinski definition) is 3. The van der Waals surface area contributed by atoms with E-state index in [4.69, 9.17) is 0 Å². The third-order valence-corrected chi connectivity index (χ3v) is 5.34. The van der Waals surface area contributed by atoms with Crippen LogP contribution in [0.25, 0.3) is 0 Å². The van der Waals surface area contributed by atoms with Gasteiger partial charge in [0.2, 0.25) is 5.91 Å². The number of piperazine rings is 1. The molecular formula is C21H32N4O2. The van der Waals surface area contributed by atoms with Gasteiger partial charge in [-0.15, -0.1) is 0 Å². The topological polar surface area (TPSA) is 55.9 Å². The Labute approximate surface area is 162 Å². The van der Waals surface area contributed by atoms with Gasteiger partial charge in [0.05, 0.1) is 0 Å². The Morgan fingerprint density at radius 1 is 1.00 bits per heavy atom. The summed E-state index contributed by atoms with van der Waals surface area (Å²) in [5.41, 5.74) is 0.574. The molecule has 1 aromatic carbocycles. The van der Waals surface area contributed by atoms with Gasteiger partial charge in [0.25, 0.3) is 0 Å². The first-order valence-electron chi connectivity index (χ1n) is 10.1. The number of carbonyl (C=O) groups is 2. The summed E-state index contributed by atoms with van der Waals surface area (Å²) in [5, 5.41) is 3.14. The number of hydrogen-bond donors (Lipinski definition) is 1. The van der Waals surface area contributed by atoms with E-state index in [0.717, 1.165) is 25.3 Å². The van der Waals surface area contributed by atoms with Gasteiger partial charge in [-0.1, -0.05) is 31.0 Å². The van der Waals surface area contributed by atoms with E-state index < -0.39 is 0 Å². The minimum atomic E-state index is -0.318. The number of para-hydroxylation sites is 1. The van der Waals surface area contributed by atoms with Crippen molar-refractivity contribution in [1.82, 2.24) is 15.1 Å². The summed E-state index contributed by atoms with van der Waals surface area (Å²) >= 11 is 0. The van der Waals surface area contributed by atoms with Crippen molar-refractivity contribution in [3.8, 4) is 0 Å². The summed E-state index contributed by atoms with van der Waals surface area (Å²) in [6.07, 6.45) is 5.08. The lowest BCUT2D eigenvalue weighted by atomic mass is 10.0. The maximum Gasteiger partial charge on any atom is 0.318 e. The highest BCUT2D eigenvalue weighted by molar-refractivity contribution is 5.97. The van der Waals surface area contributed by atoms with Gasteiger partial charge < -0.3 is 20.0 Å². The van der Waals surface area contributed by atoms with Gasteiger partial charge in [0.1, 0.15) is 6.54 Å². The third-order valence-electron chi connectivity index (χ3n) is 5.34. The van der Waals surface area contributed by atoms with Crippen molar-refractivity contribution >= 4 is 17.6 Å². The van der Waals surface area contributed by atoms with Crippen LogP contribution in [0.15, 0.2) is 30.3 Å². The maximum absolute atomic E-state index is 12.7. The molecule has 0 radical (unpaired) electrons. The Morgan fingerprint density at radius 3 is 2.30 bits per heavy atom. The summed E-state index contributed by atoms with van der Waals surface area (Å²) in [5.74, 6) is -0.0343. The predicted molar refractivity (Wildman–Crippen MR) is 108 cm³/mol. The molecule has 27 heavy (non-hydrogen) atoms. The molecule has 0 bridgehead atoms. The van der Waals surface area contributed by atoms with Crippen LogP contribution in [0.4, 0.5) is 10.5 Å². The number of likely N-dealkylation sites (tertiary alicyclic amines) is 1. The standard InChI is InChI=1S/C21H32N4O2/c1-21(2,17-23-12-8-3-4-9-13-23)22-20(27)24-14-15-25(19(26)16-24)18-10-6-5-7-11-18/h5-7,10-11H,3-4,8-9,12-17H2,1-2H3,(H,22,27). The number of rotatable bonds is 4. The molecular weight excluding hydrogens is 340 g/mol. The molecule has 1 N–H and O–H groups in total.